The van der Waals surface area contributed by atoms with Gasteiger partial charge in [0.1, 0.15) is 5.82 Å². The number of nitrogens with one attached hydrogen (secondary N) is 1. The summed E-state index contributed by atoms with van der Waals surface area (Å²) >= 11 is 0. The highest BCUT2D eigenvalue weighted by atomic mass is 32.2. The summed E-state index contributed by atoms with van der Waals surface area (Å²) < 4.78 is 39.9. The van der Waals surface area contributed by atoms with E-state index in [0.717, 1.165) is 12.8 Å². The van der Waals surface area contributed by atoms with Crippen molar-refractivity contribution in [1.82, 2.24) is 9.62 Å². The van der Waals surface area contributed by atoms with Gasteiger partial charge in [0.15, 0.2) is 0 Å². The molecule has 1 aromatic rings. The van der Waals surface area contributed by atoms with Crippen molar-refractivity contribution in [2.75, 3.05) is 7.05 Å². The molecule has 1 saturated carbocycles. The third kappa shape index (κ3) is 3.37. The minimum atomic E-state index is -3.51. The minimum absolute atomic E-state index is 0.0993. The van der Waals surface area contributed by atoms with E-state index in [9.17, 15) is 12.8 Å². The summed E-state index contributed by atoms with van der Waals surface area (Å²) in [6, 6.07) is 4.30. The van der Waals surface area contributed by atoms with Gasteiger partial charge in [0.2, 0.25) is 10.0 Å². The molecule has 0 amide bonds. The molecule has 112 valence electrons. The van der Waals surface area contributed by atoms with Crippen LogP contribution in [0.15, 0.2) is 23.1 Å². The normalized spacial score (nSPS) is 16.1. The number of halogens is 1. The van der Waals surface area contributed by atoms with E-state index in [4.69, 9.17) is 0 Å². The minimum Gasteiger partial charge on any atom is -0.310 e. The van der Waals surface area contributed by atoms with E-state index < -0.39 is 10.0 Å². The molecule has 0 spiro atoms. The van der Waals surface area contributed by atoms with Crippen LogP contribution in [0.5, 0.6) is 0 Å². The Kier molecular flexibility index (Phi) is 4.46. The Labute approximate surface area is 120 Å². The van der Waals surface area contributed by atoms with Crippen molar-refractivity contribution in [2.24, 2.45) is 0 Å². The summed E-state index contributed by atoms with van der Waals surface area (Å²) in [5.41, 5.74) is 0.379. The summed E-state index contributed by atoms with van der Waals surface area (Å²) in [5.74, 6) is -0.383. The van der Waals surface area contributed by atoms with Gasteiger partial charge in [0, 0.05) is 31.2 Å². The Morgan fingerprint density at radius 3 is 2.60 bits per heavy atom. The summed E-state index contributed by atoms with van der Waals surface area (Å²) in [6.07, 6.45) is 1.80. The van der Waals surface area contributed by atoms with Gasteiger partial charge in [-0.3, -0.25) is 0 Å². The van der Waals surface area contributed by atoms with Crippen molar-refractivity contribution < 1.29 is 12.8 Å². The molecule has 1 N–H and O–H groups in total. The first-order valence-corrected chi connectivity index (χ1v) is 8.26. The Balaban J connectivity index is 2.26. The molecule has 1 aliphatic rings. The predicted octanol–water partition coefficient (Wildman–Crippen LogP) is 2.11. The van der Waals surface area contributed by atoms with Gasteiger partial charge in [-0.25, -0.2) is 12.8 Å². The van der Waals surface area contributed by atoms with Gasteiger partial charge < -0.3 is 5.32 Å². The maximum Gasteiger partial charge on any atom is 0.243 e. The second-order valence-electron chi connectivity index (χ2n) is 5.54. The molecule has 0 aliphatic heterocycles. The van der Waals surface area contributed by atoms with E-state index in [2.05, 4.69) is 5.32 Å². The third-order valence-electron chi connectivity index (χ3n) is 3.46. The van der Waals surface area contributed by atoms with E-state index in [1.165, 1.54) is 22.5 Å². The molecular formula is C14H21FN2O2S. The van der Waals surface area contributed by atoms with Crippen LogP contribution >= 0.6 is 0 Å². The first-order chi connectivity index (χ1) is 9.32. The monoisotopic (exact) mass is 300 g/mol. The fourth-order valence-corrected chi connectivity index (χ4v) is 3.43. The van der Waals surface area contributed by atoms with Gasteiger partial charge in [-0.1, -0.05) is 13.8 Å². The van der Waals surface area contributed by atoms with E-state index in [1.54, 1.807) is 7.05 Å². The Hall–Kier alpha value is -0.980. The van der Waals surface area contributed by atoms with Crippen molar-refractivity contribution in [3.05, 3.63) is 29.6 Å². The van der Waals surface area contributed by atoms with Crippen molar-refractivity contribution in [1.29, 1.82) is 0 Å². The topological polar surface area (TPSA) is 49.4 Å². The van der Waals surface area contributed by atoms with Crippen molar-refractivity contribution in [3.63, 3.8) is 0 Å². The highest BCUT2D eigenvalue weighted by molar-refractivity contribution is 7.89. The molecule has 0 heterocycles. The van der Waals surface area contributed by atoms with Crippen LogP contribution in [0.4, 0.5) is 4.39 Å². The number of rotatable bonds is 6. The van der Waals surface area contributed by atoms with Crippen LogP contribution in [-0.4, -0.2) is 31.9 Å². The van der Waals surface area contributed by atoms with Gasteiger partial charge in [-0.05, 0) is 31.0 Å². The first kappa shape index (κ1) is 15.4. The van der Waals surface area contributed by atoms with Crippen LogP contribution in [0.25, 0.3) is 0 Å². The third-order valence-corrected chi connectivity index (χ3v) is 5.36. The number of hydrogen-bond donors (Lipinski definition) is 1. The second kappa shape index (κ2) is 5.79. The lowest BCUT2D eigenvalue weighted by atomic mass is 10.2. The molecule has 6 heteroatoms. The number of hydrogen-bond acceptors (Lipinski definition) is 3. The first-order valence-electron chi connectivity index (χ1n) is 6.82. The average molecular weight is 300 g/mol. The van der Waals surface area contributed by atoms with E-state index in [0.29, 0.717) is 12.1 Å². The fourth-order valence-electron chi connectivity index (χ4n) is 1.96. The van der Waals surface area contributed by atoms with Gasteiger partial charge in [-0.2, -0.15) is 4.31 Å². The maximum atomic E-state index is 13.7. The summed E-state index contributed by atoms with van der Waals surface area (Å²) in [4.78, 5) is 0.161. The molecule has 0 atom stereocenters. The maximum absolute atomic E-state index is 13.7. The smallest absolute Gasteiger partial charge is 0.243 e. The average Bonchev–Trinajstić information content (AvgIpc) is 3.20. The molecule has 0 bridgehead atoms. The lowest BCUT2D eigenvalue weighted by molar-refractivity contribution is 0.463. The van der Waals surface area contributed by atoms with Crippen molar-refractivity contribution in [3.8, 4) is 0 Å². The zero-order valence-electron chi connectivity index (χ0n) is 12.1. The van der Waals surface area contributed by atoms with Gasteiger partial charge in [0.05, 0.1) is 4.90 Å². The lowest BCUT2D eigenvalue weighted by Crippen LogP contribution is -2.29. The molecule has 1 fully saturated rings. The standard InChI is InChI=1S/C14H21FN2O2S/c1-10(2)16-9-11-8-13(6-7-14(11)15)20(18,19)17(3)12-4-5-12/h6-8,10,12,16H,4-5,9H2,1-3H3. The van der Waals surface area contributed by atoms with Crippen molar-refractivity contribution >= 4 is 10.0 Å². The lowest BCUT2D eigenvalue weighted by Gasteiger charge is -2.17. The van der Waals surface area contributed by atoms with E-state index in [1.807, 2.05) is 13.8 Å². The van der Waals surface area contributed by atoms with E-state index in [-0.39, 0.29) is 22.8 Å². The summed E-state index contributed by atoms with van der Waals surface area (Å²) in [7, 11) is -1.93. The van der Waals surface area contributed by atoms with Crippen LogP contribution in [0, 0.1) is 5.82 Å². The zero-order valence-corrected chi connectivity index (χ0v) is 12.9. The van der Waals surface area contributed by atoms with Gasteiger partial charge in [0.25, 0.3) is 0 Å². The largest absolute Gasteiger partial charge is 0.310 e. The Morgan fingerprint density at radius 1 is 1.40 bits per heavy atom. The summed E-state index contributed by atoms with van der Waals surface area (Å²) in [5, 5.41) is 3.10. The molecule has 0 aromatic heterocycles. The fraction of sp³-hybridized carbons (Fsp3) is 0.571. The Bertz CT molecular complexity index is 583. The molecule has 0 unspecified atom stereocenters. The molecule has 0 radical (unpaired) electrons. The molecule has 2 rings (SSSR count). The number of sulfonamides is 1. The van der Waals surface area contributed by atoms with Crippen LogP contribution in [0.2, 0.25) is 0 Å². The quantitative estimate of drug-likeness (QED) is 0.875. The SMILES string of the molecule is CC(C)NCc1cc(S(=O)(=O)N(C)C2CC2)ccc1F. The van der Waals surface area contributed by atoms with Crippen LogP contribution in [-0.2, 0) is 16.6 Å². The predicted molar refractivity (Wildman–Crippen MR) is 76.3 cm³/mol. The number of benzene rings is 1. The van der Waals surface area contributed by atoms with Crippen LogP contribution < -0.4 is 5.32 Å². The molecule has 4 nitrogen and oxygen atoms in total. The van der Waals surface area contributed by atoms with E-state index >= 15 is 0 Å². The van der Waals surface area contributed by atoms with Gasteiger partial charge in [-0.15, -0.1) is 0 Å². The highest BCUT2D eigenvalue weighted by Crippen LogP contribution is 2.30. The molecule has 1 aliphatic carbocycles. The molecule has 0 saturated heterocycles. The second-order valence-corrected chi connectivity index (χ2v) is 7.54. The molecular weight excluding hydrogens is 279 g/mol. The van der Waals surface area contributed by atoms with Crippen LogP contribution in [0.1, 0.15) is 32.3 Å². The Morgan fingerprint density at radius 2 is 2.05 bits per heavy atom. The highest BCUT2D eigenvalue weighted by Gasteiger charge is 2.35. The zero-order chi connectivity index (χ0) is 14.9. The van der Waals surface area contributed by atoms with Crippen molar-refractivity contribution in [2.45, 2.75) is 50.2 Å². The molecule has 20 heavy (non-hydrogen) atoms. The molecule has 1 aromatic carbocycles. The number of nitrogens with zero attached hydrogens (tertiary/aromatic N) is 1. The van der Waals surface area contributed by atoms with Crippen LogP contribution in [0.3, 0.4) is 0 Å². The van der Waals surface area contributed by atoms with Gasteiger partial charge >= 0.3 is 0 Å². The summed E-state index contributed by atoms with van der Waals surface area (Å²) in [6.45, 7) is 4.23.